The van der Waals surface area contributed by atoms with Gasteiger partial charge in [-0.2, -0.15) is 0 Å². The van der Waals surface area contributed by atoms with Gasteiger partial charge in [0, 0.05) is 5.56 Å². The molecule has 0 radical (unpaired) electrons. The summed E-state index contributed by atoms with van der Waals surface area (Å²) in [5.74, 6) is 0. The van der Waals surface area contributed by atoms with Crippen LogP contribution in [-0.4, -0.2) is 13.4 Å². The second kappa shape index (κ2) is 5.32. The minimum atomic E-state index is -3.65. The second-order valence-electron chi connectivity index (χ2n) is 5.67. The summed E-state index contributed by atoms with van der Waals surface area (Å²) in [5, 5.41) is 0.449. The lowest BCUT2D eigenvalue weighted by atomic mass is 10.1. The minimum absolute atomic E-state index is 0.247. The summed E-state index contributed by atoms with van der Waals surface area (Å²) in [6.45, 7) is 2.18. The molecule has 1 aliphatic heterocycles. The monoisotopic (exact) mass is 357 g/mol. The van der Waals surface area contributed by atoms with Gasteiger partial charge in [-0.15, -0.1) is 0 Å². The van der Waals surface area contributed by atoms with E-state index in [1.807, 2.05) is 25.1 Å². The van der Waals surface area contributed by atoms with Crippen LogP contribution < -0.4 is 10.0 Å². The highest BCUT2D eigenvalue weighted by Gasteiger charge is 2.33. The van der Waals surface area contributed by atoms with Gasteiger partial charge in [-0.05, 0) is 25.1 Å². The molecule has 5 nitrogen and oxygen atoms in total. The van der Waals surface area contributed by atoms with Gasteiger partial charge in [0.05, 0.1) is 27.7 Å². The molecule has 2 heterocycles. The first kappa shape index (κ1) is 15.2. The lowest BCUT2D eigenvalue weighted by Crippen LogP contribution is -2.32. The number of benzene rings is 2. The van der Waals surface area contributed by atoms with Crippen LogP contribution in [0.4, 0.5) is 10.8 Å². The molecule has 1 aliphatic rings. The Hall–Kier alpha value is -2.38. The van der Waals surface area contributed by atoms with Crippen LogP contribution in [0.15, 0.2) is 53.4 Å². The second-order valence-corrected chi connectivity index (χ2v) is 8.64. The number of aromatic nitrogens is 1. The first-order valence-corrected chi connectivity index (χ1v) is 9.66. The number of fused-ring (bicyclic) bond motifs is 3. The lowest BCUT2D eigenvalue weighted by molar-refractivity contribution is 0.590. The average Bonchev–Trinajstić information content (AvgIpc) is 2.95. The number of nitrogens with zero attached hydrogens (tertiary/aromatic N) is 2. The van der Waals surface area contributed by atoms with Crippen LogP contribution in [0, 0.1) is 6.92 Å². The number of para-hydroxylation sites is 1. The van der Waals surface area contributed by atoms with E-state index in [9.17, 15) is 8.42 Å². The fraction of sp³-hybridized carbons (Fsp3) is 0.118. The Kier molecular flexibility index (Phi) is 3.36. The molecule has 7 heteroatoms. The molecule has 24 heavy (non-hydrogen) atoms. The quantitative estimate of drug-likeness (QED) is 0.762. The third-order valence-electron chi connectivity index (χ3n) is 4.04. The van der Waals surface area contributed by atoms with Gasteiger partial charge in [-0.3, -0.25) is 4.31 Å². The summed E-state index contributed by atoms with van der Waals surface area (Å²) in [6.07, 6.45) is 0. The minimum Gasteiger partial charge on any atom is -0.375 e. The topological polar surface area (TPSA) is 76.3 Å². The zero-order valence-electron chi connectivity index (χ0n) is 12.9. The van der Waals surface area contributed by atoms with Crippen molar-refractivity contribution in [2.45, 2.75) is 18.4 Å². The van der Waals surface area contributed by atoms with E-state index in [-0.39, 0.29) is 11.4 Å². The number of rotatable bonds is 2. The summed E-state index contributed by atoms with van der Waals surface area (Å²) < 4.78 is 27.8. The Labute approximate surface area is 144 Å². The molecule has 4 rings (SSSR count). The van der Waals surface area contributed by atoms with Crippen LogP contribution in [0.25, 0.3) is 11.3 Å². The van der Waals surface area contributed by atoms with Crippen molar-refractivity contribution in [3.05, 3.63) is 59.0 Å². The molecule has 0 aliphatic carbocycles. The van der Waals surface area contributed by atoms with Crippen molar-refractivity contribution in [3.63, 3.8) is 0 Å². The molecule has 2 N–H and O–H groups in total. The Morgan fingerprint density at radius 1 is 1.12 bits per heavy atom. The Morgan fingerprint density at radius 3 is 2.58 bits per heavy atom. The van der Waals surface area contributed by atoms with Crippen molar-refractivity contribution in [2.24, 2.45) is 0 Å². The Morgan fingerprint density at radius 2 is 1.83 bits per heavy atom. The fourth-order valence-corrected chi connectivity index (χ4v) is 5.22. The van der Waals surface area contributed by atoms with Crippen molar-refractivity contribution in [2.75, 3.05) is 10.0 Å². The molecule has 1 aromatic heterocycles. The summed E-state index contributed by atoms with van der Waals surface area (Å²) in [6, 6.07) is 14.3. The van der Waals surface area contributed by atoms with E-state index >= 15 is 0 Å². The molecule has 122 valence electrons. The smallest absolute Gasteiger partial charge is 0.264 e. The molecule has 0 spiro atoms. The summed E-state index contributed by atoms with van der Waals surface area (Å²) >= 11 is 1.33. The molecule has 0 saturated heterocycles. The number of thiazole rings is 1. The molecule has 3 aromatic rings. The Bertz CT molecular complexity index is 1020. The van der Waals surface area contributed by atoms with Crippen LogP contribution in [0.1, 0.15) is 10.4 Å². The molecule has 0 fully saturated rings. The largest absolute Gasteiger partial charge is 0.375 e. The number of hydrogen-bond acceptors (Lipinski definition) is 5. The van der Waals surface area contributed by atoms with E-state index in [1.54, 1.807) is 30.3 Å². The van der Waals surface area contributed by atoms with Crippen LogP contribution >= 0.6 is 11.3 Å². The maximum absolute atomic E-state index is 13.2. The van der Waals surface area contributed by atoms with Gasteiger partial charge >= 0.3 is 0 Å². The van der Waals surface area contributed by atoms with Gasteiger partial charge in [0.1, 0.15) is 0 Å². The standard InChI is InChI=1S/C17H15N3O2S2/c1-11-6-8-12(9-7-11)24(21,22)20-10-15-16(19-17(18)23-15)13-4-2-3-5-14(13)20/h2-9H,10H2,1H3,(H2,18,19). The molecule has 2 aromatic carbocycles. The number of nitrogen functional groups attached to an aromatic ring is 1. The summed E-state index contributed by atoms with van der Waals surface area (Å²) in [7, 11) is -3.65. The van der Waals surface area contributed by atoms with E-state index < -0.39 is 10.0 Å². The summed E-state index contributed by atoms with van der Waals surface area (Å²) in [5.41, 5.74) is 9.07. The predicted molar refractivity (Wildman–Crippen MR) is 96.5 cm³/mol. The maximum atomic E-state index is 13.2. The highest BCUT2D eigenvalue weighted by atomic mass is 32.2. The normalized spacial score (nSPS) is 13.5. The first-order chi connectivity index (χ1) is 11.5. The summed E-state index contributed by atoms with van der Waals surface area (Å²) in [4.78, 5) is 5.51. The number of anilines is 2. The molecule has 0 atom stereocenters. The van der Waals surface area contributed by atoms with E-state index in [1.165, 1.54) is 15.6 Å². The van der Waals surface area contributed by atoms with Crippen molar-refractivity contribution in [3.8, 4) is 11.3 Å². The highest BCUT2D eigenvalue weighted by molar-refractivity contribution is 7.92. The number of sulfonamides is 1. The van der Waals surface area contributed by atoms with Crippen LogP contribution in [0.3, 0.4) is 0 Å². The molecule has 0 amide bonds. The molecular weight excluding hydrogens is 342 g/mol. The van der Waals surface area contributed by atoms with Crippen LogP contribution in [0.5, 0.6) is 0 Å². The zero-order chi connectivity index (χ0) is 16.9. The van der Waals surface area contributed by atoms with Crippen LogP contribution in [0.2, 0.25) is 0 Å². The van der Waals surface area contributed by atoms with Crippen molar-refractivity contribution < 1.29 is 8.42 Å². The number of nitrogens with two attached hydrogens (primary N) is 1. The number of hydrogen-bond donors (Lipinski definition) is 1. The fourth-order valence-electron chi connectivity index (χ4n) is 2.85. The van der Waals surface area contributed by atoms with E-state index in [4.69, 9.17) is 5.73 Å². The maximum Gasteiger partial charge on any atom is 0.264 e. The average molecular weight is 357 g/mol. The van der Waals surface area contributed by atoms with E-state index in [0.717, 1.165) is 21.7 Å². The molecule has 0 unspecified atom stereocenters. The van der Waals surface area contributed by atoms with Gasteiger partial charge in [0.25, 0.3) is 10.0 Å². The SMILES string of the molecule is Cc1ccc(S(=O)(=O)N2Cc3sc(N)nc3-c3ccccc32)cc1. The number of aryl methyl sites for hydroxylation is 1. The lowest BCUT2D eigenvalue weighted by Gasteiger charge is -2.29. The van der Waals surface area contributed by atoms with Gasteiger partial charge < -0.3 is 5.73 Å². The van der Waals surface area contributed by atoms with Crippen molar-refractivity contribution in [1.82, 2.24) is 4.98 Å². The van der Waals surface area contributed by atoms with E-state index in [2.05, 4.69) is 4.98 Å². The highest BCUT2D eigenvalue weighted by Crippen LogP contribution is 2.43. The zero-order valence-corrected chi connectivity index (χ0v) is 14.6. The molecule has 0 saturated carbocycles. The third kappa shape index (κ3) is 2.28. The Balaban J connectivity index is 1.89. The molecular formula is C17H15N3O2S2. The van der Waals surface area contributed by atoms with E-state index in [0.29, 0.717) is 10.8 Å². The van der Waals surface area contributed by atoms with Gasteiger partial charge in [0.15, 0.2) is 5.13 Å². The predicted octanol–water partition coefficient (Wildman–Crippen LogP) is 3.41. The van der Waals surface area contributed by atoms with Crippen molar-refractivity contribution in [1.29, 1.82) is 0 Å². The van der Waals surface area contributed by atoms with Gasteiger partial charge in [-0.1, -0.05) is 47.2 Å². The first-order valence-electron chi connectivity index (χ1n) is 7.41. The van der Waals surface area contributed by atoms with Gasteiger partial charge in [-0.25, -0.2) is 13.4 Å². The van der Waals surface area contributed by atoms with Crippen LogP contribution in [-0.2, 0) is 16.6 Å². The third-order valence-corrected chi connectivity index (χ3v) is 6.68. The van der Waals surface area contributed by atoms with Crippen molar-refractivity contribution >= 4 is 32.2 Å². The molecule has 0 bridgehead atoms. The van der Waals surface area contributed by atoms with Gasteiger partial charge in [0.2, 0.25) is 0 Å².